The second-order valence-electron chi connectivity index (χ2n) is 4.26. The maximum atomic E-state index is 11.8. The van der Waals surface area contributed by atoms with Crippen LogP contribution in [0.15, 0.2) is 46.9 Å². The maximum absolute atomic E-state index is 11.8. The summed E-state index contributed by atoms with van der Waals surface area (Å²) in [6.45, 7) is 1.91. The van der Waals surface area contributed by atoms with Crippen LogP contribution in [0.5, 0.6) is 5.75 Å². The average Bonchev–Trinajstić information content (AvgIpc) is 2.40. The van der Waals surface area contributed by atoms with Gasteiger partial charge < -0.3 is 10.1 Å². The number of benzene rings is 2. The number of nitrogens with one attached hydrogen (secondary N) is 1. The van der Waals surface area contributed by atoms with Crippen molar-refractivity contribution in [3.63, 3.8) is 0 Å². The van der Waals surface area contributed by atoms with Crippen molar-refractivity contribution in [2.24, 2.45) is 0 Å². The monoisotopic (exact) mass is 353 g/mol. The quantitative estimate of drug-likeness (QED) is 0.882. The topological polar surface area (TPSA) is 38.3 Å². The molecular weight excluding hydrogens is 342 g/mol. The number of anilines is 1. The number of hydrogen-bond acceptors (Lipinski definition) is 2. The van der Waals surface area contributed by atoms with E-state index < -0.39 is 0 Å². The molecule has 104 valence electrons. The molecule has 0 aliphatic heterocycles. The summed E-state index contributed by atoms with van der Waals surface area (Å²) in [5, 5.41) is 3.30. The third-order valence-electron chi connectivity index (χ3n) is 2.61. The number of aryl methyl sites for hydroxylation is 1. The van der Waals surface area contributed by atoms with Gasteiger partial charge in [0.2, 0.25) is 0 Å². The highest BCUT2D eigenvalue weighted by molar-refractivity contribution is 9.10. The van der Waals surface area contributed by atoms with Gasteiger partial charge in [0, 0.05) is 15.2 Å². The van der Waals surface area contributed by atoms with Crippen molar-refractivity contribution in [1.29, 1.82) is 0 Å². The van der Waals surface area contributed by atoms with Gasteiger partial charge in [0.05, 0.1) is 0 Å². The molecule has 0 spiro atoms. The minimum Gasteiger partial charge on any atom is -0.484 e. The van der Waals surface area contributed by atoms with E-state index in [0.717, 1.165) is 10.0 Å². The summed E-state index contributed by atoms with van der Waals surface area (Å²) in [4.78, 5) is 11.8. The molecule has 0 aliphatic rings. The van der Waals surface area contributed by atoms with Crippen LogP contribution in [0.25, 0.3) is 0 Å². The Labute approximate surface area is 131 Å². The van der Waals surface area contributed by atoms with Crippen molar-refractivity contribution < 1.29 is 9.53 Å². The summed E-state index contributed by atoms with van der Waals surface area (Å²) < 4.78 is 6.45. The molecule has 20 heavy (non-hydrogen) atoms. The van der Waals surface area contributed by atoms with Gasteiger partial charge in [0.25, 0.3) is 5.91 Å². The predicted molar refractivity (Wildman–Crippen MR) is 84.5 cm³/mol. The van der Waals surface area contributed by atoms with Gasteiger partial charge in [0.15, 0.2) is 6.61 Å². The first-order chi connectivity index (χ1) is 9.54. The molecule has 0 bridgehead atoms. The highest BCUT2D eigenvalue weighted by Crippen LogP contribution is 2.21. The summed E-state index contributed by atoms with van der Waals surface area (Å²) in [5.74, 6) is 0.430. The molecule has 0 aliphatic carbocycles. The zero-order valence-electron chi connectivity index (χ0n) is 10.8. The Bertz CT molecular complexity index is 631. The molecule has 5 heteroatoms. The fourth-order valence-electron chi connectivity index (χ4n) is 1.62. The molecule has 0 unspecified atom stereocenters. The van der Waals surface area contributed by atoms with Gasteiger partial charge in [-0.15, -0.1) is 0 Å². The van der Waals surface area contributed by atoms with Crippen molar-refractivity contribution in [2.75, 3.05) is 11.9 Å². The summed E-state index contributed by atoms with van der Waals surface area (Å²) >= 11 is 9.26. The molecule has 0 saturated heterocycles. The number of halogens is 2. The first-order valence-corrected chi connectivity index (χ1v) is 7.16. The number of hydrogen-bond donors (Lipinski definition) is 1. The van der Waals surface area contributed by atoms with Crippen LogP contribution in [-0.4, -0.2) is 12.5 Å². The van der Waals surface area contributed by atoms with Crippen molar-refractivity contribution in [1.82, 2.24) is 0 Å². The lowest BCUT2D eigenvalue weighted by Crippen LogP contribution is -2.20. The number of amides is 1. The molecular formula is C15H13BrClNO2. The molecule has 1 amide bonds. The van der Waals surface area contributed by atoms with Gasteiger partial charge in [-0.05, 0) is 48.9 Å². The van der Waals surface area contributed by atoms with Crippen molar-refractivity contribution in [3.8, 4) is 5.75 Å². The fraction of sp³-hybridized carbons (Fsp3) is 0.133. The molecule has 0 saturated carbocycles. The molecule has 1 N–H and O–H groups in total. The Hall–Kier alpha value is -1.52. The van der Waals surface area contributed by atoms with Crippen LogP contribution in [0.3, 0.4) is 0 Å². The highest BCUT2D eigenvalue weighted by atomic mass is 79.9. The molecule has 2 aromatic carbocycles. The number of ether oxygens (including phenoxy) is 1. The van der Waals surface area contributed by atoms with E-state index in [1.807, 2.05) is 25.1 Å². The summed E-state index contributed by atoms with van der Waals surface area (Å²) in [5.41, 5.74) is 1.70. The zero-order valence-corrected chi connectivity index (χ0v) is 13.2. The highest BCUT2D eigenvalue weighted by Gasteiger charge is 2.05. The van der Waals surface area contributed by atoms with E-state index in [1.54, 1.807) is 24.3 Å². The van der Waals surface area contributed by atoms with E-state index in [2.05, 4.69) is 21.2 Å². The van der Waals surface area contributed by atoms with E-state index in [9.17, 15) is 4.79 Å². The zero-order chi connectivity index (χ0) is 14.5. The number of carbonyl (C=O) groups is 1. The molecule has 2 rings (SSSR count). The van der Waals surface area contributed by atoms with Gasteiger partial charge in [0.1, 0.15) is 5.75 Å². The van der Waals surface area contributed by atoms with Crippen LogP contribution in [0.4, 0.5) is 5.69 Å². The largest absolute Gasteiger partial charge is 0.484 e. The second kappa shape index (κ2) is 6.77. The average molecular weight is 355 g/mol. The van der Waals surface area contributed by atoms with Crippen LogP contribution >= 0.6 is 27.5 Å². The van der Waals surface area contributed by atoms with Crippen LogP contribution in [0.2, 0.25) is 5.02 Å². The lowest BCUT2D eigenvalue weighted by molar-refractivity contribution is -0.118. The van der Waals surface area contributed by atoms with Crippen LogP contribution in [-0.2, 0) is 4.79 Å². The minimum absolute atomic E-state index is 0.0480. The smallest absolute Gasteiger partial charge is 0.262 e. The Kier molecular flexibility index (Phi) is 5.04. The van der Waals surface area contributed by atoms with E-state index in [1.165, 1.54) is 0 Å². The molecule has 0 aromatic heterocycles. The Morgan fingerprint density at radius 3 is 2.80 bits per heavy atom. The lowest BCUT2D eigenvalue weighted by atomic mass is 10.2. The van der Waals surface area contributed by atoms with Crippen LogP contribution in [0.1, 0.15) is 5.56 Å². The predicted octanol–water partition coefficient (Wildman–Crippen LogP) is 4.43. The van der Waals surface area contributed by atoms with Gasteiger partial charge in [-0.3, -0.25) is 4.79 Å². The summed E-state index contributed by atoms with van der Waals surface area (Å²) in [7, 11) is 0. The van der Waals surface area contributed by atoms with Gasteiger partial charge >= 0.3 is 0 Å². The minimum atomic E-state index is -0.229. The first-order valence-electron chi connectivity index (χ1n) is 5.99. The molecule has 0 fully saturated rings. The van der Waals surface area contributed by atoms with Crippen molar-refractivity contribution >= 4 is 39.1 Å². The van der Waals surface area contributed by atoms with Gasteiger partial charge in [-0.2, -0.15) is 0 Å². The molecule has 3 nitrogen and oxygen atoms in total. The molecule has 0 radical (unpaired) electrons. The second-order valence-corrected chi connectivity index (χ2v) is 5.55. The first kappa shape index (κ1) is 14.9. The van der Waals surface area contributed by atoms with E-state index >= 15 is 0 Å². The van der Waals surface area contributed by atoms with Crippen molar-refractivity contribution in [3.05, 3.63) is 57.5 Å². The van der Waals surface area contributed by atoms with Crippen LogP contribution in [0, 0.1) is 6.92 Å². The van der Waals surface area contributed by atoms with E-state index in [0.29, 0.717) is 16.5 Å². The third-order valence-corrected chi connectivity index (χ3v) is 3.73. The van der Waals surface area contributed by atoms with Gasteiger partial charge in [-0.1, -0.05) is 33.6 Å². The number of rotatable bonds is 4. The van der Waals surface area contributed by atoms with Crippen molar-refractivity contribution in [2.45, 2.75) is 6.92 Å². The maximum Gasteiger partial charge on any atom is 0.262 e. The SMILES string of the molecule is Cc1cc(OCC(=O)Nc2cccc(Cl)c2)ccc1Br. The van der Waals surface area contributed by atoms with E-state index in [4.69, 9.17) is 16.3 Å². The molecule has 0 heterocycles. The molecule has 0 atom stereocenters. The standard InChI is InChI=1S/C15H13BrClNO2/c1-10-7-13(5-6-14(10)16)20-9-15(19)18-12-4-2-3-11(17)8-12/h2-8H,9H2,1H3,(H,18,19). The fourth-order valence-corrected chi connectivity index (χ4v) is 2.06. The lowest BCUT2D eigenvalue weighted by Gasteiger charge is -2.09. The normalized spacial score (nSPS) is 10.2. The van der Waals surface area contributed by atoms with E-state index in [-0.39, 0.29) is 12.5 Å². The Balaban J connectivity index is 1.90. The summed E-state index contributed by atoms with van der Waals surface area (Å²) in [6.07, 6.45) is 0. The Morgan fingerprint density at radius 2 is 2.10 bits per heavy atom. The van der Waals surface area contributed by atoms with Crippen LogP contribution < -0.4 is 10.1 Å². The summed E-state index contributed by atoms with van der Waals surface area (Å²) in [6, 6.07) is 12.5. The number of carbonyl (C=O) groups excluding carboxylic acids is 1. The Morgan fingerprint density at radius 1 is 1.30 bits per heavy atom. The third kappa shape index (κ3) is 4.25. The van der Waals surface area contributed by atoms with Gasteiger partial charge in [-0.25, -0.2) is 0 Å². The molecule has 2 aromatic rings.